The predicted octanol–water partition coefficient (Wildman–Crippen LogP) is 4.08. The first kappa shape index (κ1) is 16.1. The van der Waals surface area contributed by atoms with Crippen LogP contribution >= 0.6 is 0 Å². The minimum absolute atomic E-state index is 0.00501. The van der Waals surface area contributed by atoms with Crippen LogP contribution in [-0.2, 0) is 10.0 Å². The van der Waals surface area contributed by atoms with E-state index in [9.17, 15) is 17.2 Å². The van der Waals surface area contributed by atoms with Gasteiger partial charge in [0, 0.05) is 5.56 Å². The van der Waals surface area contributed by atoms with Gasteiger partial charge in [-0.2, -0.15) is 8.78 Å². The van der Waals surface area contributed by atoms with Crippen LogP contribution in [0.5, 0.6) is 0 Å². The van der Waals surface area contributed by atoms with Crippen molar-refractivity contribution < 1.29 is 21.6 Å². The first-order chi connectivity index (χ1) is 11.5. The van der Waals surface area contributed by atoms with Crippen molar-refractivity contribution in [3.8, 4) is 11.3 Å². The fourth-order valence-electron chi connectivity index (χ4n) is 2.07. The molecule has 3 aromatic rings. The van der Waals surface area contributed by atoms with Gasteiger partial charge in [-0.1, -0.05) is 48.5 Å². The van der Waals surface area contributed by atoms with Gasteiger partial charge in [0.05, 0.1) is 4.90 Å². The number of sulfonamides is 1. The molecule has 8 heteroatoms. The Labute approximate surface area is 137 Å². The standard InChI is InChI=1S/C16H12F2N2O3S/c17-14(18)16-19-13(11-7-3-1-4-8-11)15(23-16)20-24(21,22)12-9-5-2-6-10-12/h1-10,14,20H. The molecule has 1 heterocycles. The van der Waals surface area contributed by atoms with Crippen LogP contribution in [0.2, 0.25) is 0 Å². The number of nitrogens with zero attached hydrogens (tertiary/aromatic N) is 1. The Bertz CT molecular complexity index is 926. The molecule has 3 rings (SSSR count). The molecule has 0 spiro atoms. The van der Waals surface area contributed by atoms with Gasteiger partial charge < -0.3 is 4.42 Å². The van der Waals surface area contributed by atoms with Crippen LogP contribution < -0.4 is 4.72 Å². The van der Waals surface area contributed by atoms with Gasteiger partial charge >= 0.3 is 6.43 Å². The maximum Gasteiger partial charge on any atom is 0.313 e. The van der Waals surface area contributed by atoms with E-state index < -0.39 is 22.3 Å². The number of nitrogens with one attached hydrogen (secondary N) is 1. The van der Waals surface area contributed by atoms with E-state index in [1.54, 1.807) is 48.5 Å². The fraction of sp³-hybridized carbons (Fsp3) is 0.0625. The Morgan fingerprint density at radius 2 is 1.54 bits per heavy atom. The largest absolute Gasteiger partial charge is 0.417 e. The maximum atomic E-state index is 12.9. The zero-order valence-electron chi connectivity index (χ0n) is 12.2. The summed E-state index contributed by atoms with van der Waals surface area (Å²) in [6.45, 7) is 0. The van der Waals surface area contributed by atoms with Gasteiger partial charge in [-0.15, -0.1) is 0 Å². The van der Waals surface area contributed by atoms with E-state index in [2.05, 4.69) is 9.71 Å². The van der Waals surface area contributed by atoms with Crippen LogP contribution in [-0.4, -0.2) is 13.4 Å². The molecule has 2 aromatic carbocycles. The molecule has 0 saturated carbocycles. The maximum absolute atomic E-state index is 12.9. The second-order valence-electron chi connectivity index (χ2n) is 4.82. The lowest BCUT2D eigenvalue weighted by Gasteiger charge is -2.06. The molecule has 5 nitrogen and oxygen atoms in total. The molecule has 0 saturated heterocycles. The highest BCUT2D eigenvalue weighted by Crippen LogP contribution is 2.33. The van der Waals surface area contributed by atoms with E-state index in [4.69, 9.17) is 4.42 Å². The topological polar surface area (TPSA) is 72.2 Å². The lowest BCUT2D eigenvalue weighted by molar-refractivity contribution is 0.116. The predicted molar refractivity (Wildman–Crippen MR) is 84.1 cm³/mol. The molecule has 0 unspecified atom stereocenters. The summed E-state index contributed by atoms with van der Waals surface area (Å²) >= 11 is 0. The highest BCUT2D eigenvalue weighted by atomic mass is 32.2. The van der Waals surface area contributed by atoms with Crippen molar-refractivity contribution in [3.63, 3.8) is 0 Å². The molecule has 0 aliphatic heterocycles. The Hall–Kier alpha value is -2.74. The van der Waals surface area contributed by atoms with Crippen molar-refractivity contribution in [1.29, 1.82) is 0 Å². The summed E-state index contributed by atoms with van der Waals surface area (Å²) in [6, 6.07) is 15.9. The van der Waals surface area contributed by atoms with Crippen LogP contribution in [0.25, 0.3) is 11.3 Å². The Kier molecular flexibility index (Phi) is 4.30. The van der Waals surface area contributed by atoms with Crippen molar-refractivity contribution >= 4 is 15.9 Å². The molecule has 0 amide bonds. The third kappa shape index (κ3) is 3.28. The second-order valence-corrected chi connectivity index (χ2v) is 6.50. The number of benzene rings is 2. The van der Waals surface area contributed by atoms with Crippen LogP contribution in [0.15, 0.2) is 70.0 Å². The molecule has 0 fully saturated rings. The average Bonchev–Trinajstić information content (AvgIpc) is 3.00. The molecule has 24 heavy (non-hydrogen) atoms. The van der Waals surface area contributed by atoms with E-state index in [0.717, 1.165) is 0 Å². The van der Waals surface area contributed by atoms with Gasteiger partial charge in [-0.3, -0.25) is 0 Å². The van der Waals surface area contributed by atoms with Crippen molar-refractivity contribution in [3.05, 3.63) is 66.6 Å². The summed E-state index contributed by atoms with van der Waals surface area (Å²) in [5.74, 6) is -1.19. The van der Waals surface area contributed by atoms with Gasteiger partial charge in [0.15, 0.2) is 0 Å². The van der Waals surface area contributed by atoms with Gasteiger partial charge in [-0.25, -0.2) is 18.1 Å². The third-order valence-corrected chi connectivity index (χ3v) is 4.51. The normalized spacial score (nSPS) is 11.6. The quantitative estimate of drug-likeness (QED) is 0.752. The van der Waals surface area contributed by atoms with E-state index >= 15 is 0 Å². The van der Waals surface area contributed by atoms with Crippen LogP contribution in [0, 0.1) is 0 Å². The zero-order valence-corrected chi connectivity index (χ0v) is 13.0. The summed E-state index contributed by atoms with van der Waals surface area (Å²) < 4.78 is 57.7. The smallest absolute Gasteiger partial charge is 0.313 e. The molecule has 124 valence electrons. The van der Waals surface area contributed by atoms with E-state index in [-0.39, 0.29) is 16.5 Å². The van der Waals surface area contributed by atoms with E-state index in [1.807, 2.05) is 0 Å². The van der Waals surface area contributed by atoms with Gasteiger partial charge in [0.25, 0.3) is 15.9 Å². The number of alkyl halides is 2. The molecule has 0 radical (unpaired) electrons. The van der Waals surface area contributed by atoms with Crippen molar-refractivity contribution in [2.75, 3.05) is 4.72 Å². The number of rotatable bonds is 5. The molecule has 0 aliphatic carbocycles. The Morgan fingerprint density at radius 1 is 0.958 bits per heavy atom. The third-order valence-electron chi connectivity index (χ3n) is 3.16. The fourth-order valence-corrected chi connectivity index (χ4v) is 3.09. The summed E-state index contributed by atoms with van der Waals surface area (Å²) in [5.41, 5.74) is 0.462. The number of anilines is 1. The van der Waals surface area contributed by atoms with Crippen molar-refractivity contribution in [2.45, 2.75) is 11.3 Å². The number of oxazole rings is 1. The molecule has 1 N–H and O–H groups in total. The SMILES string of the molecule is O=S(=O)(Nc1oc(C(F)F)nc1-c1ccccc1)c1ccccc1. The molecular formula is C16H12F2N2O3S. The number of hydrogen-bond acceptors (Lipinski definition) is 4. The molecule has 0 aliphatic rings. The van der Waals surface area contributed by atoms with Gasteiger partial charge in [0.1, 0.15) is 5.69 Å². The second kappa shape index (κ2) is 6.40. The first-order valence-corrected chi connectivity index (χ1v) is 8.38. The lowest BCUT2D eigenvalue weighted by Crippen LogP contribution is -2.12. The monoisotopic (exact) mass is 350 g/mol. The van der Waals surface area contributed by atoms with E-state index in [1.165, 1.54) is 12.1 Å². The number of aromatic nitrogens is 1. The number of halogens is 2. The van der Waals surface area contributed by atoms with Crippen molar-refractivity contribution in [2.24, 2.45) is 0 Å². The zero-order chi connectivity index (χ0) is 17.2. The van der Waals surface area contributed by atoms with Crippen molar-refractivity contribution in [1.82, 2.24) is 4.98 Å². The van der Waals surface area contributed by atoms with E-state index in [0.29, 0.717) is 5.56 Å². The summed E-state index contributed by atoms with van der Waals surface area (Å²) in [6.07, 6.45) is -2.96. The first-order valence-electron chi connectivity index (χ1n) is 6.89. The van der Waals surface area contributed by atoms with Gasteiger partial charge in [-0.05, 0) is 12.1 Å². The number of hydrogen-bond donors (Lipinski definition) is 1. The highest BCUT2D eigenvalue weighted by Gasteiger charge is 2.25. The minimum atomic E-state index is -3.98. The minimum Gasteiger partial charge on any atom is -0.417 e. The summed E-state index contributed by atoms with van der Waals surface area (Å²) in [4.78, 5) is 3.70. The molecular weight excluding hydrogens is 338 g/mol. The molecule has 0 bridgehead atoms. The van der Waals surface area contributed by atoms with Gasteiger partial charge in [0.2, 0.25) is 5.88 Å². The van der Waals surface area contributed by atoms with Crippen LogP contribution in [0.4, 0.5) is 14.7 Å². The van der Waals surface area contributed by atoms with Crippen LogP contribution in [0.3, 0.4) is 0 Å². The Balaban J connectivity index is 2.04. The Morgan fingerprint density at radius 3 is 2.12 bits per heavy atom. The lowest BCUT2D eigenvalue weighted by atomic mass is 10.2. The highest BCUT2D eigenvalue weighted by molar-refractivity contribution is 7.92. The summed E-state index contributed by atoms with van der Waals surface area (Å²) in [5, 5.41) is 0. The molecule has 1 aromatic heterocycles. The summed E-state index contributed by atoms with van der Waals surface area (Å²) in [7, 11) is -3.98. The molecule has 0 atom stereocenters. The van der Waals surface area contributed by atoms with Crippen LogP contribution in [0.1, 0.15) is 12.3 Å². The average molecular weight is 350 g/mol.